The van der Waals surface area contributed by atoms with Gasteiger partial charge in [0.25, 0.3) is 0 Å². The molecule has 19 unspecified atom stereocenters. The molecule has 99 heavy (non-hydrogen) atoms. The van der Waals surface area contributed by atoms with E-state index in [0.717, 1.165) is 89.9 Å². The maximum atomic E-state index is 14.3. The van der Waals surface area contributed by atoms with E-state index in [0.29, 0.717) is 25.2 Å². The molecule has 19 atom stereocenters. The fraction of sp³-hybridized carbons (Fsp3) is 0.959. The molecule has 2 aliphatic heterocycles. The molecule has 2 heterocycles. The van der Waals surface area contributed by atoms with Crippen LogP contribution in [0.5, 0.6) is 0 Å². The van der Waals surface area contributed by atoms with Crippen molar-refractivity contribution in [3.05, 3.63) is 0 Å². The van der Waals surface area contributed by atoms with Crippen molar-refractivity contribution in [2.24, 2.45) is 5.92 Å². The Kier molecular flexibility index (Phi) is 51.0. The quantitative estimate of drug-likeness (QED) is 0.0117. The minimum atomic E-state index is -5.69. The van der Waals surface area contributed by atoms with Gasteiger partial charge in [0.2, 0.25) is 0 Å². The Morgan fingerprint density at radius 2 is 0.707 bits per heavy atom. The summed E-state index contributed by atoms with van der Waals surface area (Å²) in [5.74, 6) is -1.28. The summed E-state index contributed by atoms with van der Waals surface area (Å²) in [6.45, 7) is 5.79. The van der Waals surface area contributed by atoms with E-state index in [1.54, 1.807) is 0 Å². The SMILES string of the molecule is CCCCCCCCCCCCCCCCCCC(=O)OCC(COP(=O)(O)OC1C(OC2OC(CO)C(O)C(O)C2O)C(O)C(O)C(O)C1OC1OC(COC(=O)CCCCCCCCC(C)CCCCCCCC)C(O)C(O)C1O)OC(=O)CCCCCCCCCCCCCC. The van der Waals surface area contributed by atoms with E-state index in [1.165, 1.54) is 161 Å². The second-order valence-corrected chi connectivity index (χ2v) is 30.1. The number of rotatable bonds is 61. The monoisotopic (exact) mass is 1440 g/mol. The van der Waals surface area contributed by atoms with Crippen LogP contribution in [-0.2, 0) is 61.2 Å². The normalized spacial score (nSPS) is 27.7. The van der Waals surface area contributed by atoms with E-state index >= 15 is 0 Å². The summed E-state index contributed by atoms with van der Waals surface area (Å²) in [6, 6.07) is 0. The highest BCUT2D eigenvalue weighted by Crippen LogP contribution is 2.49. The van der Waals surface area contributed by atoms with Gasteiger partial charge in [0.05, 0.1) is 13.2 Å². The van der Waals surface area contributed by atoms with Crippen LogP contribution in [0.15, 0.2) is 0 Å². The molecule has 0 aromatic carbocycles. The molecule has 25 heteroatoms. The third-order valence-electron chi connectivity index (χ3n) is 19.8. The number of phosphoric acid groups is 1. The van der Waals surface area contributed by atoms with Crippen LogP contribution in [0.3, 0.4) is 0 Å². The van der Waals surface area contributed by atoms with Gasteiger partial charge in [0.1, 0.15) is 98.7 Å². The average molecular weight is 1440 g/mol. The Labute approximate surface area is 593 Å². The Bertz CT molecular complexity index is 2060. The Morgan fingerprint density at radius 1 is 0.384 bits per heavy atom. The Hall–Kier alpha value is -2.04. The van der Waals surface area contributed by atoms with Gasteiger partial charge in [-0.3, -0.25) is 23.4 Å². The average Bonchev–Trinajstić information content (AvgIpc) is 0.764. The fourth-order valence-electron chi connectivity index (χ4n) is 13.3. The van der Waals surface area contributed by atoms with Crippen molar-refractivity contribution >= 4 is 25.7 Å². The maximum Gasteiger partial charge on any atom is 0.472 e. The van der Waals surface area contributed by atoms with E-state index in [-0.39, 0.29) is 19.3 Å². The van der Waals surface area contributed by atoms with Gasteiger partial charge in [-0.2, -0.15) is 0 Å². The molecule has 0 spiro atoms. The predicted octanol–water partition coefficient (Wildman–Crippen LogP) is 11.2. The number of carbonyl (C=O) groups excluding carboxylic acids is 3. The smallest absolute Gasteiger partial charge is 0.463 e. The summed E-state index contributed by atoms with van der Waals surface area (Å²) in [5.41, 5.74) is 0. The molecule has 24 nitrogen and oxygen atoms in total. The van der Waals surface area contributed by atoms with Crippen LogP contribution >= 0.6 is 7.82 Å². The van der Waals surface area contributed by atoms with Crippen molar-refractivity contribution in [1.82, 2.24) is 0 Å². The number of unbranched alkanes of at least 4 members (excludes halogenated alkanes) is 36. The summed E-state index contributed by atoms with van der Waals surface area (Å²) >= 11 is 0. The van der Waals surface area contributed by atoms with Gasteiger partial charge in [-0.05, 0) is 25.2 Å². The minimum absolute atomic E-state index is 0.0310. The molecular weight excluding hydrogens is 1300 g/mol. The number of aliphatic hydroxyl groups is 10. The highest BCUT2D eigenvalue weighted by molar-refractivity contribution is 7.47. The van der Waals surface area contributed by atoms with E-state index < -0.39 is 156 Å². The second-order valence-electron chi connectivity index (χ2n) is 28.7. The summed E-state index contributed by atoms with van der Waals surface area (Å²) in [6.07, 6.45) is 11.6. The van der Waals surface area contributed by atoms with Crippen LogP contribution < -0.4 is 0 Å². The van der Waals surface area contributed by atoms with Gasteiger partial charge in [-0.25, -0.2) is 4.57 Å². The predicted molar refractivity (Wildman–Crippen MR) is 375 cm³/mol. The van der Waals surface area contributed by atoms with Crippen LogP contribution in [0.1, 0.15) is 317 Å². The first kappa shape index (κ1) is 91.2. The molecule has 0 radical (unpaired) electrons. The molecule has 0 aromatic rings. The zero-order chi connectivity index (χ0) is 72.6. The molecular formula is C74H139O24P. The first-order chi connectivity index (χ1) is 47.7. The minimum Gasteiger partial charge on any atom is -0.463 e. The summed E-state index contributed by atoms with van der Waals surface area (Å²) in [7, 11) is -5.69. The number of esters is 3. The number of aliphatic hydroxyl groups excluding tert-OH is 10. The molecule has 1 saturated carbocycles. The number of hydrogen-bond donors (Lipinski definition) is 11. The maximum absolute atomic E-state index is 14.3. The van der Waals surface area contributed by atoms with Crippen LogP contribution in [0.4, 0.5) is 0 Å². The topological polar surface area (TPSA) is 374 Å². The first-order valence-corrected chi connectivity index (χ1v) is 40.7. The highest BCUT2D eigenvalue weighted by Gasteiger charge is 2.58. The van der Waals surface area contributed by atoms with Gasteiger partial charge >= 0.3 is 25.7 Å². The third-order valence-corrected chi connectivity index (χ3v) is 20.8. The molecule has 0 aromatic heterocycles. The molecule has 0 amide bonds. The zero-order valence-corrected chi connectivity index (χ0v) is 62.1. The van der Waals surface area contributed by atoms with Crippen molar-refractivity contribution in [3.8, 4) is 0 Å². The molecule has 584 valence electrons. The van der Waals surface area contributed by atoms with Gasteiger partial charge in [0.15, 0.2) is 18.7 Å². The van der Waals surface area contributed by atoms with Gasteiger partial charge in [0, 0.05) is 19.3 Å². The summed E-state index contributed by atoms with van der Waals surface area (Å²) in [4.78, 5) is 51.1. The second kappa shape index (κ2) is 55.4. The lowest BCUT2D eigenvalue weighted by Crippen LogP contribution is -2.69. The Balaban J connectivity index is 1.71. The van der Waals surface area contributed by atoms with Crippen LogP contribution in [0.2, 0.25) is 0 Å². The van der Waals surface area contributed by atoms with Gasteiger partial charge in [-0.1, -0.05) is 278 Å². The van der Waals surface area contributed by atoms with Gasteiger partial charge in [-0.15, -0.1) is 0 Å². The lowest BCUT2D eigenvalue weighted by atomic mass is 9.84. The lowest BCUT2D eigenvalue weighted by Gasteiger charge is -2.49. The number of ether oxygens (including phenoxy) is 7. The zero-order valence-electron chi connectivity index (χ0n) is 61.2. The molecule has 3 fully saturated rings. The van der Waals surface area contributed by atoms with E-state index in [2.05, 4.69) is 27.7 Å². The summed E-state index contributed by atoms with van der Waals surface area (Å²) < 4.78 is 65.1. The lowest BCUT2D eigenvalue weighted by molar-refractivity contribution is -0.360. The molecule has 11 N–H and O–H groups in total. The van der Waals surface area contributed by atoms with E-state index in [4.69, 9.17) is 42.2 Å². The number of hydrogen-bond acceptors (Lipinski definition) is 23. The largest absolute Gasteiger partial charge is 0.472 e. The van der Waals surface area contributed by atoms with Crippen molar-refractivity contribution < 1.29 is 117 Å². The third kappa shape index (κ3) is 38.7. The number of phosphoric ester groups is 1. The van der Waals surface area contributed by atoms with Crippen molar-refractivity contribution in [2.75, 3.05) is 26.4 Å². The van der Waals surface area contributed by atoms with Crippen LogP contribution in [0, 0.1) is 5.92 Å². The summed E-state index contributed by atoms with van der Waals surface area (Å²) in [5, 5.41) is 110. The Morgan fingerprint density at radius 3 is 1.09 bits per heavy atom. The van der Waals surface area contributed by atoms with Crippen LogP contribution in [0.25, 0.3) is 0 Å². The molecule has 2 saturated heterocycles. The highest BCUT2D eigenvalue weighted by atomic mass is 31.2. The van der Waals surface area contributed by atoms with Crippen molar-refractivity contribution in [1.29, 1.82) is 0 Å². The van der Waals surface area contributed by atoms with Crippen LogP contribution in [-0.4, -0.2) is 204 Å². The number of carbonyl (C=O) groups is 3. The standard InChI is InChI=1S/C74H139O24P/c1-5-8-11-14-17-19-21-23-24-25-26-28-29-31-37-42-47-58(76)90-51-55(93-60(78)49-44-39-32-30-27-22-20-18-15-12-9-6-2)52-92-99(88,89)98-72-70(96-73-68(86)63(81)61(79)56(50-75)94-73)66(84)65(83)67(85)71(72)97-74-69(87)64(82)62(80)57(95-74)53-91-59(77)48-43-38-34-33-36-41-46-54(4)45-40-35-16-13-10-7-3/h54-57,61-75,79-87H,5-53H2,1-4H3,(H,88,89). The molecule has 3 aliphatic rings. The molecule has 3 rings (SSSR count). The van der Waals surface area contributed by atoms with E-state index in [1.807, 2.05) is 0 Å². The van der Waals surface area contributed by atoms with Crippen molar-refractivity contribution in [3.63, 3.8) is 0 Å². The van der Waals surface area contributed by atoms with E-state index in [9.17, 15) is 74.9 Å². The molecule has 0 bridgehead atoms. The fourth-order valence-corrected chi connectivity index (χ4v) is 14.3. The first-order valence-electron chi connectivity index (χ1n) is 39.2. The molecule has 1 aliphatic carbocycles. The van der Waals surface area contributed by atoms with Gasteiger partial charge < -0.3 is 89.1 Å². The van der Waals surface area contributed by atoms with Crippen molar-refractivity contribution in [2.45, 2.75) is 421 Å².